The zero-order valence-corrected chi connectivity index (χ0v) is 13.2. The summed E-state index contributed by atoms with van der Waals surface area (Å²) >= 11 is 3.32. The Balaban J connectivity index is 2.05. The van der Waals surface area contributed by atoms with Crippen molar-refractivity contribution < 1.29 is 14.1 Å². The number of carbonyl (C=O) groups excluding carboxylic acids is 2. The van der Waals surface area contributed by atoms with Gasteiger partial charge in [-0.1, -0.05) is 21.1 Å². The minimum atomic E-state index is -0.312. The lowest BCUT2D eigenvalue weighted by atomic mass is 10.3. The molecular formula is C14H14BrN3O3. The summed E-state index contributed by atoms with van der Waals surface area (Å²) in [7, 11) is 0. The molecule has 1 heterocycles. The molecule has 2 aromatic rings. The van der Waals surface area contributed by atoms with Crippen molar-refractivity contribution in [3.63, 3.8) is 0 Å². The Bertz CT molecular complexity index is 652. The van der Waals surface area contributed by atoms with Crippen molar-refractivity contribution in [1.82, 2.24) is 5.16 Å². The van der Waals surface area contributed by atoms with Gasteiger partial charge in [0.1, 0.15) is 12.3 Å². The lowest BCUT2D eigenvalue weighted by Gasteiger charge is -2.17. The lowest BCUT2D eigenvalue weighted by Crippen LogP contribution is -2.36. The highest BCUT2D eigenvalue weighted by molar-refractivity contribution is 9.10. The number of aromatic nitrogens is 1. The Morgan fingerprint density at radius 1 is 1.33 bits per heavy atom. The number of hydrogen-bond acceptors (Lipinski definition) is 4. The molecule has 7 heteroatoms. The van der Waals surface area contributed by atoms with E-state index in [2.05, 4.69) is 26.4 Å². The summed E-state index contributed by atoms with van der Waals surface area (Å²) in [6.07, 6.45) is 0. The molecule has 1 aromatic heterocycles. The Morgan fingerprint density at radius 3 is 2.52 bits per heavy atom. The first-order valence-corrected chi connectivity index (χ1v) is 7.02. The zero-order chi connectivity index (χ0) is 15.4. The van der Waals surface area contributed by atoms with E-state index in [0.717, 1.165) is 4.47 Å². The highest BCUT2D eigenvalue weighted by atomic mass is 79.9. The smallest absolute Gasteiger partial charge is 0.244 e. The number of amides is 2. The van der Waals surface area contributed by atoms with Crippen molar-refractivity contribution in [3.05, 3.63) is 40.6 Å². The van der Waals surface area contributed by atoms with Crippen LogP contribution < -0.4 is 10.2 Å². The van der Waals surface area contributed by atoms with Crippen molar-refractivity contribution in [2.24, 2.45) is 0 Å². The molecule has 0 saturated heterocycles. The van der Waals surface area contributed by atoms with Gasteiger partial charge in [-0.2, -0.15) is 0 Å². The van der Waals surface area contributed by atoms with E-state index in [9.17, 15) is 9.59 Å². The maximum absolute atomic E-state index is 12.0. The van der Waals surface area contributed by atoms with Gasteiger partial charge in [-0.25, -0.2) is 0 Å². The predicted molar refractivity (Wildman–Crippen MR) is 82.0 cm³/mol. The molecule has 0 saturated carbocycles. The molecule has 0 fully saturated rings. The molecule has 110 valence electrons. The molecule has 0 aliphatic rings. The third-order valence-electron chi connectivity index (χ3n) is 2.70. The standard InChI is InChI=1S/C14H14BrN3O3/c1-9-7-13(17-21-9)18(10(2)19)8-14(20)16-12-5-3-11(15)4-6-12/h3-7H,8H2,1-2H3,(H,16,20). The summed E-state index contributed by atoms with van der Waals surface area (Å²) in [6, 6.07) is 8.77. The van der Waals surface area contributed by atoms with Crippen LogP contribution in [-0.4, -0.2) is 23.5 Å². The Morgan fingerprint density at radius 2 is 2.00 bits per heavy atom. The maximum atomic E-state index is 12.0. The molecule has 1 aromatic carbocycles. The molecule has 2 rings (SSSR count). The Hall–Kier alpha value is -2.15. The number of carbonyl (C=O) groups is 2. The summed E-state index contributed by atoms with van der Waals surface area (Å²) in [6.45, 7) is 2.96. The minimum absolute atomic E-state index is 0.128. The fraction of sp³-hybridized carbons (Fsp3) is 0.214. The molecule has 6 nitrogen and oxygen atoms in total. The quantitative estimate of drug-likeness (QED) is 0.918. The second kappa shape index (κ2) is 6.53. The first-order valence-electron chi connectivity index (χ1n) is 6.22. The van der Waals surface area contributed by atoms with Crippen LogP contribution in [0.5, 0.6) is 0 Å². The molecule has 0 spiro atoms. The van der Waals surface area contributed by atoms with Crippen molar-refractivity contribution in [2.75, 3.05) is 16.8 Å². The van der Waals surface area contributed by atoms with E-state index < -0.39 is 0 Å². The van der Waals surface area contributed by atoms with Gasteiger partial charge in [0.25, 0.3) is 0 Å². The molecule has 0 atom stereocenters. The van der Waals surface area contributed by atoms with Gasteiger partial charge in [-0.3, -0.25) is 14.5 Å². The molecule has 1 N–H and O–H groups in total. The summed E-state index contributed by atoms with van der Waals surface area (Å²) in [5.41, 5.74) is 0.656. The summed E-state index contributed by atoms with van der Waals surface area (Å²) < 4.78 is 5.85. The van der Waals surface area contributed by atoms with Crippen LogP contribution >= 0.6 is 15.9 Å². The number of rotatable bonds is 4. The van der Waals surface area contributed by atoms with Gasteiger partial charge in [-0.05, 0) is 31.2 Å². The lowest BCUT2D eigenvalue weighted by molar-refractivity contribution is -0.120. The first kappa shape index (κ1) is 15.2. The van der Waals surface area contributed by atoms with Crippen LogP contribution in [0, 0.1) is 6.92 Å². The van der Waals surface area contributed by atoms with E-state index in [1.165, 1.54) is 11.8 Å². The van der Waals surface area contributed by atoms with Gasteiger partial charge in [0.15, 0.2) is 5.82 Å². The van der Waals surface area contributed by atoms with Crippen LogP contribution in [0.25, 0.3) is 0 Å². The van der Waals surface area contributed by atoms with Crippen LogP contribution in [0.4, 0.5) is 11.5 Å². The highest BCUT2D eigenvalue weighted by Gasteiger charge is 2.19. The molecular weight excluding hydrogens is 338 g/mol. The fourth-order valence-electron chi connectivity index (χ4n) is 1.71. The van der Waals surface area contributed by atoms with Crippen molar-refractivity contribution in [3.8, 4) is 0 Å². The molecule has 0 unspecified atom stereocenters. The van der Waals surface area contributed by atoms with Crippen LogP contribution in [0.3, 0.4) is 0 Å². The number of hydrogen-bond donors (Lipinski definition) is 1. The van der Waals surface area contributed by atoms with E-state index in [4.69, 9.17) is 4.52 Å². The summed E-state index contributed by atoms with van der Waals surface area (Å²) in [5, 5.41) is 6.47. The second-order valence-electron chi connectivity index (χ2n) is 4.46. The maximum Gasteiger partial charge on any atom is 0.244 e. The van der Waals surface area contributed by atoms with Gasteiger partial charge >= 0.3 is 0 Å². The monoisotopic (exact) mass is 351 g/mol. The topological polar surface area (TPSA) is 75.4 Å². The van der Waals surface area contributed by atoms with E-state index in [1.807, 2.05) is 12.1 Å². The predicted octanol–water partition coefficient (Wildman–Crippen LogP) is 2.74. The second-order valence-corrected chi connectivity index (χ2v) is 5.37. The Labute approximate surface area is 130 Å². The van der Waals surface area contributed by atoms with Gasteiger partial charge in [-0.15, -0.1) is 0 Å². The van der Waals surface area contributed by atoms with Crippen LogP contribution in [0.15, 0.2) is 39.3 Å². The van der Waals surface area contributed by atoms with E-state index in [0.29, 0.717) is 17.3 Å². The van der Waals surface area contributed by atoms with Crippen molar-refractivity contribution in [2.45, 2.75) is 13.8 Å². The highest BCUT2D eigenvalue weighted by Crippen LogP contribution is 2.16. The average Bonchev–Trinajstić information content (AvgIpc) is 2.85. The molecule has 0 aliphatic heterocycles. The molecule has 0 bridgehead atoms. The number of benzene rings is 1. The summed E-state index contributed by atoms with van der Waals surface area (Å²) in [4.78, 5) is 24.9. The Kier molecular flexibility index (Phi) is 4.74. The van der Waals surface area contributed by atoms with E-state index in [-0.39, 0.29) is 18.4 Å². The van der Waals surface area contributed by atoms with Crippen molar-refractivity contribution in [1.29, 1.82) is 0 Å². The number of anilines is 2. The van der Waals surface area contributed by atoms with Gasteiger partial charge in [0, 0.05) is 23.2 Å². The number of nitrogens with one attached hydrogen (secondary N) is 1. The molecule has 0 aliphatic carbocycles. The largest absolute Gasteiger partial charge is 0.360 e. The fourth-order valence-corrected chi connectivity index (χ4v) is 1.98. The minimum Gasteiger partial charge on any atom is -0.360 e. The molecule has 21 heavy (non-hydrogen) atoms. The van der Waals surface area contributed by atoms with E-state index >= 15 is 0 Å². The van der Waals surface area contributed by atoms with Gasteiger partial charge < -0.3 is 9.84 Å². The number of halogens is 1. The van der Waals surface area contributed by atoms with Crippen molar-refractivity contribution >= 4 is 39.2 Å². The van der Waals surface area contributed by atoms with Crippen LogP contribution in [-0.2, 0) is 9.59 Å². The van der Waals surface area contributed by atoms with Gasteiger partial charge in [0.2, 0.25) is 11.8 Å². The normalized spacial score (nSPS) is 10.2. The molecule has 2 amide bonds. The number of nitrogens with zero attached hydrogens (tertiary/aromatic N) is 2. The number of aryl methyl sites for hydroxylation is 1. The third-order valence-corrected chi connectivity index (χ3v) is 3.23. The van der Waals surface area contributed by atoms with E-state index in [1.54, 1.807) is 25.1 Å². The SMILES string of the molecule is CC(=O)N(CC(=O)Nc1ccc(Br)cc1)c1cc(C)on1. The molecule has 0 radical (unpaired) electrons. The van der Waals surface area contributed by atoms with Crippen LogP contribution in [0.1, 0.15) is 12.7 Å². The third kappa shape index (κ3) is 4.16. The average molecular weight is 352 g/mol. The first-order chi connectivity index (χ1) is 9.95. The summed E-state index contributed by atoms with van der Waals surface area (Å²) in [5.74, 6) is 0.304. The zero-order valence-electron chi connectivity index (χ0n) is 11.6. The van der Waals surface area contributed by atoms with Gasteiger partial charge in [0.05, 0.1) is 0 Å². The van der Waals surface area contributed by atoms with Crippen LogP contribution in [0.2, 0.25) is 0 Å².